The van der Waals surface area contributed by atoms with Gasteiger partial charge in [-0.05, 0) is 31.4 Å². The van der Waals surface area contributed by atoms with Gasteiger partial charge in [-0.3, -0.25) is 4.98 Å². The van der Waals surface area contributed by atoms with E-state index in [0.717, 1.165) is 31.2 Å². The lowest BCUT2D eigenvalue weighted by Crippen LogP contribution is -2.52. The SMILES string of the molecule is CS(=O)(=O)NC[C@H]1CCCCN1C(=O)NCc1ccccn1. The number of hydrogen-bond donors (Lipinski definition) is 2. The van der Waals surface area contributed by atoms with Crippen molar-refractivity contribution in [3.05, 3.63) is 30.1 Å². The Bertz CT molecular complexity index is 591. The van der Waals surface area contributed by atoms with Crippen LogP contribution in [0, 0.1) is 0 Å². The van der Waals surface area contributed by atoms with Gasteiger partial charge >= 0.3 is 6.03 Å². The molecule has 122 valence electrons. The first kappa shape index (κ1) is 16.7. The number of likely N-dealkylation sites (tertiary alicyclic amines) is 1. The summed E-state index contributed by atoms with van der Waals surface area (Å²) in [5.41, 5.74) is 0.790. The minimum atomic E-state index is -3.25. The summed E-state index contributed by atoms with van der Waals surface area (Å²) in [7, 11) is -3.25. The second-order valence-corrected chi connectivity index (χ2v) is 7.28. The topological polar surface area (TPSA) is 91.4 Å². The Balaban J connectivity index is 1.90. The molecule has 1 aliphatic rings. The molecule has 7 nitrogen and oxygen atoms in total. The zero-order valence-electron chi connectivity index (χ0n) is 12.7. The van der Waals surface area contributed by atoms with Crippen molar-refractivity contribution >= 4 is 16.1 Å². The summed E-state index contributed by atoms with van der Waals surface area (Å²) in [5.74, 6) is 0. The van der Waals surface area contributed by atoms with E-state index in [-0.39, 0.29) is 18.6 Å². The predicted molar refractivity (Wildman–Crippen MR) is 83.7 cm³/mol. The summed E-state index contributed by atoms with van der Waals surface area (Å²) in [5, 5.41) is 2.84. The van der Waals surface area contributed by atoms with Crippen LogP contribution in [0.3, 0.4) is 0 Å². The summed E-state index contributed by atoms with van der Waals surface area (Å²) in [6.07, 6.45) is 5.55. The number of carbonyl (C=O) groups is 1. The van der Waals surface area contributed by atoms with Gasteiger partial charge in [0, 0.05) is 25.3 Å². The summed E-state index contributed by atoms with van der Waals surface area (Å²) in [6.45, 7) is 1.27. The first-order chi connectivity index (χ1) is 10.5. The number of amides is 2. The van der Waals surface area contributed by atoms with Crippen LogP contribution in [-0.2, 0) is 16.6 Å². The number of nitrogens with one attached hydrogen (secondary N) is 2. The number of piperidine rings is 1. The Kier molecular flexibility index (Phi) is 5.73. The van der Waals surface area contributed by atoms with Crippen LogP contribution in [0.4, 0.5) is 4.79 Å². The van der Waals surface area contributed by atoms with Gasteiger partial charge in [0.2, 0.25) is 10.0 Å². The van der Waals surface area contributed by atoms with Crippen molar-refractivity contribution < 1.29 is 13.2 Å². The maximum atomic E-state index is 12.3. The summed E-state index contributed by atoms with van der Waals surface area (Å²) < 4.78 is 24.9. The minimum absolute atomic E-state index is 0.104. The third-order valence-electron chi connectivity index (χ3n) is 3.62. The molecular formula is C14H22N4O3S. The molecule has 0 saturated carbocycles. The van der Waals surface area contributed by atoms with Crippen molar-refractivity contribution in [1.29, 1.82) is 0 Å². The Morgan fingerprint density at radius 2 is 2.23 bits per heavy atom. The highest BCUT2D eigenvalue weighted by molar-refractivity contribution is 7.88. The minimum Gasteiger partial charge on any atom is -0.332 e. The molecule has 1 atom stereocenters. The lowest BCUT2D eigenvalue weighted by molar-refractivity contribution is 0.151. The zero-order chi connectivity index (χ0) is 16.0. The van der Waals surface area contributed by atoms with E-state index >= 15 is 0 Å². The molecule has 0 spiro atoms. The van der Waals surface area contributed by atoms with E-state index in [2.05, 4.69) is 15.0 Å². The van der Waals surface area contributed by atoms with Gasteiger partial charge in [-0.25, -0.2) is 17.9 Å². The van der Waals surface area contributed by atoms with Crippen molar-refractivity contribution in [3.63, 3.8) is 0 Å². The van der Waals surface area contributed by atoms with Crippen LogP contribution in [0.5, 0.6) is 0 Å². The van der Waals surface area contributed by atoms with Crippen molar-refractivity contribution in [1.82, 2.24) is 19.9 Å². The molecule has 2 heterocycles. The largest absolute Gasteiger partial charge is 0.332 e. The van der Waals surface area contributed by atoms with Crippen LogP contribution in [0.15, 0.2) is 24.4 Å². The lowest BCUT2D eigenvalue weighted by Gasteiger charge is -2.35. The van der Waals surface area contributed by atoms with Crippen LogP contribution < -0.4 is 10.0 Å². The maximum absolute atomic E-state index is 12.3. The summed E-state index contributed by atoms with van der Waals surface area (Å²) in [4.78, 5) is 18.2. The molecule has 0 bridgehead atoms. The van der Waals surface area contributed by atoms with Crippen molar-refractivity contribution in [2.24, 2.45) is 0 Å². The van der Waals surface area contributed by atoms with Crippen molar-refractivity contribution in [2.75, 3.05) is 19.3 Å². The molecular weight excluding hydrogens is 304 g/mol. The monoisotopic (exact) mass is 326 g/mol. The second-order valence-electron chi connectivity index (χ2n) is 5.44. The van der Waals surface area contributed by atoms with Crippen LogP contribution in [-0.4, -0.2) is 49.7 Å². The van der Waals surface area contributed by atoms with Gasteiger partial charge in [-0.2, -0.15) is 0 Å². The Labute approximate surface area is 131 Å². The standard InChI is InChI=1S/C14H22N4O3S/c1-22(20,21)17-11-13-7-3-5-9-18(13)14(19)16-10-12-6-2-4-8-15-12/h2,4,6,8,13,17H,3,5,7,9-11H2,1H3,(H,16,19)/t13-/m1/s1. The molecule has 2 amide bonds. The third-order valence-corrected chi connectivity index (χ3v) is 4.31. The van der Waals surface area contributed by atoms with E-state index in [4.69, 9.17) is 0 Å². The van der Waals surface area contributed by atoms with Gasteiger partial charge in [0.15, 0.2) is 0 Å². The molecule has 1 fully saturated rings. The van der Waals surface area contributed by atoms with E-state index in [9.17, 15) is 13.2 Å². The van der Waals surface area contributed by atoms with E-state index in [0.29, 0.717) is 13.1 Å². The number of carbonyl (C=O) groups excluding carboxylic acids is 1. The highest BCUT2D eigenvalue weighted by Gasteiger charge is 2.27. The van der Waals surface area contributed by atoms with Crippen LogP contribution in [0.2, 0.25) is 0 Å². The number of urea groups is 1. The first-order valence-corrected chi connectivity index (χ1v) is 9.24. The molecule has 1 aliphatic heterocycles. The number of nitrogens with zero attached hydrogens (tertiary/aromatic N) is 2. The molecule has 0 radical (unpaired) electrons. The van der Waals surface area contributed by atoms with Crippen LogP contribution >= 0.6 is 0 Å². The fourth-order valence-electron chi connectivity index (χ4n) is 2.50. The first-order valence-electron chi connectivity index (χ1n) is 7.35. The predicted octanol–water partition coefficient (Wildman–Crippen LogP) is 0.695. The molecule has 2 N–H and O–H groups in total. The number of sulfonamides is 1. The normalized spacial score (nSPS) is 19.0. The maximum Gasteiger partial charge on any atom is 0.318 e. The molecule has 1 aromatic rings. The zero-order valence-corrected chi connectivity index (χ0v) is 13.5. The van der Waals surface area contributed by atoms with Gasteiger partial charge in [-0.15, -0.1) is 0 Å². The van der Waals surface area contributed by atoms with E-state index < -0.39 is 10.0 Å². The molecule has 0 unspecified atom stereocenters. The number of hydrogen-bond acceptors (Lipinski definition) is 4. The molecule has 2 rings (SSSR count). The van der Waals surface area contributed by atoms with Crippen LogP contribution in [0.1, 0.15) is 25.0 Å². The Morgan fingerprint density at radius 1 is 1.41 bits per heavy atom. The fraction of sp³-hybridized carbons (Fsp3) is 0.571. The van der Waals surface area contributed by atoms with E-state index in [1.165, 1.54) is 0 Å². The summed E-state index contributed by atoms with van der Waals surface area (Å²) >= 11 is 0. The van der Waals surface area contributed by atoms with E-state index in [1.807, 2.05) is 18.2 Å². The van der Waals surface area contributed by atoms with Gasteiger partial charge in [-0.1, -0.05) is 6.07 Å². The van der Waals surface area contributed by atoms with Crippen molar-refractivity contribution in [3.8, 4) is 0 Å². The summed E-state index contributed by atoms with van der Waals surface area (Å²) in [6, 6.07) is 5.26. The van der Waals surface area contributed by atoms with Gasteiger partial charge in [0.25, 0.3) is 0 Å². The van der Waals surface area contributed by atoms with Gasteiger partial charge < -0.3 is 10.2 Å². The highest BCUT2D eigenvalue weighted by atomic mass is 32.2. The van der Waals surface area contributed by atoms with Crippen LogP contribution in [0.25, 0.3) is 0 Å². The molecule has 0 aromatic carbocycles. The molecule has 1 aromatic heterocycles. The molecule has 0 aliphatic carbocycles. The highest BCUT2D eigenvalue weighted by Crippen LogP contribution is 2.16. The number of rotatable bonds is 5. The second kappa shape index (κ2) is 7.55. The van der Waals surface area contributed by atoms with E-state index in [1.54, 1.807) is 11.1 Å². The molecule has 8 heteroatoms. The third kappa shape index (κ3) is 5.27. The average molecular weight is 326 g/mol. The smallest absolute Gasteiger partial charge is 0.318 e. The molecule has 1 saturated heterocycles. The average Bonchev–Trinajstić information content (AvgIpc) is 2.51. The lowest BCUT2D eigenvalue weighted by atomic mass is 10.0. The Hall–Kier alpha value is -1.67. The fourth-order valence-corrected chi connectivity index (χ4v) is 2.99. The Morgan fingerprint density at radius 3 is 2.91 bits per heavy atom. The molecule has 22 heavy (non-hydrogen) atoms. The van der Waals surface area contributed by atoms with Crippen molar-refractivity contribution in [2.45, 2.75) is 31.8 Å². The quantitative estimate of drug-likeness (QED) is 0.833. The number of pyridine rings is 1. The van der Waals surface area contributed by atoms with Gasteiger partial charge in [0.05, 0.1) is 18.5 Å². The van der Waals surface area contributed by atoms with Gasteiger partial charge in [0.1, 0.15) is 0 Å². The number of aromatic nitrogens is 1.